The van der Waals surface area contributed by atoms with Gasteiger partial charge >= 0.3 is 0 Å². The van der Waals surface area contributed by atoms with Gasteiger partial charge in [-0.1, -0.05) is 11.6 Å². The first-order valence-electron chi connectivity index (χ1n) is 6.46. The molecule has 0 atom stereocenters. The van der Waals surface area contributed by atoms with Crippen molar-refractivity contribution >= 4 is 33.0 Å². The largest absolute Gasteiger partial charge is 0.385 e. The minimum Gasteiger partial charge on any atom is -0.385 e. The topological polar surface area (TPSA) is 66.5 Å². The number of carbonyl (C=O) groups is 1. The molecule has 1 aromatic rings. The van der Waals surface area contributed by atoms with Crippen LogP contribution < -0.4 is 5.32 Å². The predicted octanol–water partition coefficient (Wildman–Crippen LogP) is 1.64. The van der Waals surface area contributed by atoms with Crippen molar-refractivity contribution in [2.75, 3.05) is 36.5 Å². The fourth-order valence-corrected chi connectivity index (χ4v) is 3.50. The van der Waals surface area contributed by atoms with Crippen molar-refractivity contribution in [1.82, 2.24) is 4.90 Å². The zero-order valence-electron chi connectivity index (χ0n) is 11.2. The van der Waals surface area contributed by atoms with Crippen molar-refractivity contribution in [2.24, 2.45) is 0 Å². The van der Waals surface area contributed by atoms with Gasteiger partial charge in [-0.25, -0.2) is 8.42 Å². The third kappa shape index (κ3) is 3.43. The lowest BCUT2D eigenvalue weighted by Gasteiger charge is -2.27. The molecule has 5 nitrogen and oxygen atoms in total. The summed E-state index contributed by atoms with van der Waals surface area (Å²) < 4.78 is 22.8. The average molecular weight is 317 g/mol. The van der Waals surface area contributed by atoms with E-state index in [1.165, 1.54) is 0 Å². The Hall–Kier alpha value is -1.27. The maximum atomic E-state index is 12.5. The van der Waals surface area contributed by atoms with E-state index in [9.17, 15) is 13.2 Å². The van der Waals surface area contributed by atoms with E-state index in [1.54, 1.807) is 23.1 Å². The van der Waals surface area contributed by atoms with Crippen LogP contribution in [-0.4, -0.2) is 50.4 Å². The Morgan fingerprint density at radius 3 is 2.60 bits per heavy atom. The van der Waals surface area contributed by atoms with Gasteiger partial charge in [0.2, 0.25) is 0 Å². The van der Waals surface area contributed by atoms with Crippen molar-refractivity contribution < 1.29 is 13.2 Å². The second kappa shape index (κ2) is 6.01. The number of anilines is 1. The van der Waals surface area contributed by atoms with Crippen molar-refractivity contribution in [1.29, 1.82) is 0 Å². The molecule has 1 fully saturated rings. The van der Waals surface area contributed by atoms with E-state index in [-0.39, 0.29) is 30.5 Å². The van der Waals surface area contributed by atoms with Gasteiger partial charge in [0.05, 0.1) is 17.1 Å². The predicted molar refractivity (Wildman–Crippen MR) is 80.2 cm³/mol. The highest BCUT2D eigenvalue weighted by Crippen LogP contribution is 2.23. The molecule has 7 heteroatoms. The molecular formula is C13H17ClN2O3S. The summed E-state index contributed by atoms with van der Waals surface area (Å²) >= 11 is 5.95. The van der Waals surface area contributed by atoms with Crippen LogP contribution in [0.4, 0.5) is 5.69 Å². The van der Waals surface area contributed by atoms with Crippen LogP contribution in [0, 0.1) is 0 Å². The fourth-order valence-electron chi connectivity index (χ4n) is 2.12. The van der Waals surface area contributed by atoms with Crippen LogP contribution in [0.5, 0.6) is 0 Å². The highest BCUT2D eigenvalue weighted by atomic mass is 35.5. The Kier molecular flexibility index (Phi) is 4.55. The molecule has 1 aromatic carbocycles. The number of nitrogens with one attached hydrogen (secondary N) is 1. The minimum absolute atomic E-state index is 0.0237. The summed E-state index contributed by atoms with van der Waals surface area (Å²) in [6.45, 7) is 3.10. The standard InChI is InChI=1S/C13H17ClN2O3S/c1-2-15-12-4-3-10(14)9-11(12)13(17)16-5-7-20(18,19)8-6-16/h3-4,9,15H,2,5-8H2,1H3. The molecule has 1 amide bonds. The number of benzene rings is 1. The van der Waals surface area contributed by atoms with Gasteiger partial charge in [-0.2, -0.15) is 0 Å². The molecule has 0 saturated carbocycles. The molecule has 2 rings (SSSR count). The number of carbonyl (C=O) groups excluding carboxylic acids is 1. The van der Waals surface area contributed by atoms with Gasteiger partial charge in [0.25, 0.3) is 5.91 Å². The summed E-state index contributed by atoms with van der Waals surface area (Å²) in [4.78, 5) is 14.1. The molecule has 0 unspecified atom stereocenters. The second-order valence-electron chi connectivity index (χ2n) is 4.66. The highest BCUT2D eigenvalue weighted by molar-refractivity contribution is 7.91. The second-order valence-corrected chi connectivity index (χ2v) is 7.40. The SMILES string of the molecule is CCNc1ccc(Cl)cc1C(=O)N1CCS(=O)(=O)CC1. The van der Waals surface area contributed by atoms with E-state index in [0.717, 1.165) is 5.69 Å². The van der Waals surface area contributed by atoms with Gasteiger partial charge in [-0.05, 0) is 25.1 Å². The van der Waals surface area contributed by atoms with Crippen molar-refractivity contribution in [2.45, 2.75) is 6.92 Å². The molecule has 0 bridgehead atoms. The Morgan fingerprint density at radius 2 is 2.00 bits per heavy atom. The number of nitrogens with zero attached hydrogens (tertiary/aromatic N) is 1. The third-order valence-corrected chi connectivity index (χ3v) is 5.06. The van der Waals surface area contributed by atoms with E-state index in [1.807, 2.05) is 6.92 Å². The van der Waals surface area contributed by atoms with Gasteiger partial charge in [0.1, 0.15) is 0 Å². The molecule has 1 saturated heterocycles. The summed E-state index contributed by atoms with van der Waals surface area (Å²) in [5.74, 6) is -0.135. The minimum atomic E-state index is -3.00. The van der Waals surface area contributed by atoms with E-state index in [0.29, 0.717) is 17.1 Å². The molecule has 1 aliphatic rings. The van der Waals surface area contributed by atoms with Gasteiger partial charge in [0.15, 0.2) is 9.84 Å². The van der Waals surface area contributed by atoms with Crippen LogP contribution in [0.15, 0.2) is 18.2 Å². The first-order valence-corrected chi connectivity index (χ1v) is 8.66. The summed E-state index contributed by atoms with van der Waals surface area (Å²) in [6, 6.07) is 5.10. The molecular weight excluding hydrogens is 300 g/mol. The lowest BCUT2D eigenvalue weighted by Crippen LogP contribution is -2.43. The number of rotatable bonds is 3. The maximum Gasteiger partial charge on any atom is 0.256 e. The summed E-state index contributed by atoms with van der Waals surface area (Å²) in [6.07, 6.45) is 0. The van der Waals surface area contributed by atoms with Gasteiger partial charge in [-0.3, -0.25) is 4.79 Å². The smallest absolute Gasteiger partial charge is 0.256 e. The maximum absolute atomic E-state index is 12.5. The van der Waals surface area contributed by atoms with Crippen molar-refractivity contribution in [3.8, 4) is 0 Å². The van der Waals surface area contributed by atoms with Crippen LogP contribution in [0.3, 0.4) is 0 Å². The van der Waals surface area contributed by atoms with E-state index in [4.69, 9.17) is 11.6 Å². The summed E-state index contributed by atoms with van der Waals surface area (Å²) in [5.41, 5.74) is 1.20. The molecule has 0 radical (unpaired) electrons. The van der Waals surface area contributed by atoms with Gasteiger partial charge < -0.3 is 10.2 Å². The Bertz CT molecular complexity index is 602. The highest BCUT2D eigenvalue weighted by Gasteiger charge is 2.27. The first-order chi connectivity index (χ1) is 9.43. The van der Waals surface area contributed by atoms with E-state index < -0.39 is 9.84 Å². The number of amides is 1. The van der Waals surface area contributed by atoms with Crippen LogP contribution in [0.25, 0.3) is 0 Å². The van der Waals surface area contributed by atoms with Crippen LogP contribution >= 0.6 is 11.6 Å². The zero-order valence-corrected chi connectivity index (χ0v) is 12.8. The first kappa shape index (κ1) is 15.1. The third-order valence-electron chi connectivity index (χ3n) is 3.21. The quantitative estimate of drug-likeness (QED) is 0.920. The van der Waals surface area contributed by atoms with Crippen LogP contribution in [0.1, 0.15) is 17.3 Å². The fraction of sp³-hybridized carbons (Fsp3) is 0.462. The number of halogens is 1. The Morgan fingerprint density at radius 1 is 1.35 bits per heavy atom. The van der Waals surface area contributed by atoms with Crippen LogP contribution in [-0.2, 0) is 9.84 Å². The number of hydrogen-bond donors (Lipinski definition) is 1. The van der Waals surface area contributed by atoms with E-state index in [2.05, 4.69) is 5.32 Å². The molecule has 20 heavy (non-hydrogen) atoms. The molecule has 1 N–H and O–H groups in total. The summed E-state index contributed by atoms with van der Waals surface area (Å²) in [7, 11) is -3.00. The monoisotopic (exact) mass is 316 g/mol. The molecule has 0 spiro atoms. The number of hydrogen-bond acceptors (Lipinski definition) is 4. The molecule has 0 aromatic heterocycles. The van der Waals surface area contributed by atoms with Crippen molar-refractivity contribution in [3.05, 3.63) is 28.8 Å². The lowest BCUT2D eigenvalue weighted by molar-refractivity contribution is 0.0771. The Balaban J connectivity index is 2.22. The zero-order chi connectivity index (χ0) is 14.8. The van der Waals surface area contributed by atoms with E-state index >= 15 is 0 Å². The van der Waals surface area contributed by atoms with Gasteiger partial charge in [0, 0.05) is 30.3 Å². The molecule has 1 aliphatic heterocycles. The normalized spacial score (nSPS) is 17.8. The van der Waals surface area contributed by atoms with Crippen LogP contribution in [0.2, 0.25) is 5.02 Å². The molecule has 1 heterocycles. The average Bonchev–Trinajstić information content (AvgIpc) is 2.40. The molecule has 110 valence electrons. The number of sulfone groups is 1. The lowest BCUT2D eigenvalue weighted by atomic mass is 10.1. The molecule has 0 aliphatic carbocycles. The van der Waals surface area contributed by atoms with Gasteiger partial charge in [-0.15, -0.1) is 0 Å². The van der Waals surface area contributed by atoms with Crippen molar-refractivity contribution in [3.63, 3.8) is 0 Å². The Labute approximate surface area is 123 Å². The summed E-state index contributed by atoms with van der Waals surface area (Å²) in [5, 5.41) is 3.60.